The molecule has 49 heavy (non-hydrogen) atoms. The van der Waals surface area contributed by atoms with Crippen LogP contribution in [0, 0.1) is 0 Å². The van der Waals surface area contributed by atoms with Crippen molar-refractivity contribution in [2.45, 2.75) is 26.2 Å². The van der Waals surface area contributed by atoms with Crippen LogP contribution in [0.25, 0.3) is 26.4 Å². The van der Waals surface area contributed by atoms with E-state index in [0.29, 0.717) is 35.1 Å². The number of urea groups is 1. The van der Waals surface area contributed by atoms with Crippen LogP contribution in [0.5, 0.6) is 5.75 Å². The van der Waals surface area contributed by atoms with Gasteiger partial charge in [-0.25, -0.2) is 9.78 Å². The van der Waals surface area contributed by atoms with Gasteiger partial charge in [-0.05, 0) is 54.6 Å². The molecule has 0 saturated carbocycles. The summed E-state index contributed by atoms with van der Waals surface area (Å²) in [6.07, 6.45) is 2.03. The SMILES string of the molecule is CC(C)(C)c1cc(NC(=O)Nc2ccc(C(=O)Nc3ccc(-c4cn5c(n4)sc4cc(OCCN6CCOCC6)ccc45)cc3)cc2)no1. The Hall–Kier alpha value is -5.24. The molecule has 3 N–H and O–H groups in total. The lowest BCUT2D eigenvalue weighted by molar-refractivity contribution is 0.0322. The molecule has 1 saturated heterocycles. The maximum atomic E-state index is 12.9. The molecule has 7 rings (SSSR count). The Morgan fingerprint density at radius 1 is 0.918 bits per heavy atom. The molecular weight excluding hydrogens is 643 g/mol. The molecule has 1 aliphatic heterocycles. The van der Waals surface area contributed by atoms with Crippen LogP contribution in [0.15, 0.2) is 83.5 Å². The molecule has 0 radical (unpaired) electrons. The molecule has 3 aromatic carbocycles. The van der Waals surface area contributed by atoms with Crippen molar-refractivity contribution in [2.75, 3.05) is 55.4 Å². The second-order valence-electron chi connectivity index (χ2n) is 12.8. The van der Waals surface area contributed by atoms with Crippen molar-refractivity contribution < 1.29 is 23.6 Å². The molecule has 252 valence electrons. The van der Waals surface area contributed by atoms with Crippen LogP contribution in [0.1, 0.15) is 36.9 Å². The van der Waals surface area contributed by atoms with Crippen molar-refractivity contribution >= 4 is 55.6 Å². The van der Waals surface area contributed by atoms with Crippen LogP contribution in [0.4, 0.5) is 22.0 Å². The molecule has 0 spiro atoms. The number of ether oxygens (including phenoxy) is 2. The first-order valence-corrected chi connectivity index (χ1v) is 16.9. The molecule has 1 aliphatic rings. The molecule has 12 nitrogen and oxygen atoms in total. The summed E-state index contributed by atoms with van der Waals surface area (Å²) >= 11 is 1.62. The predicted molar refractivity (Wildman–Crippen MR) is 191 cm³/mol. The van der Waals surface area contributed by atoms with Crippen LogP contribution in [0.2, 0.25) is 0 Å². The van der Waals surface area contributed by atoms with E-state index in [4.69, 9.17) is 19.0 Å². The van der Waals surface area contributed by atoms with E-state index in [-0.39, 0.29) is 11.3 Å². The summed E-state index contributed by atoms with van der Waals surface area (Å²) in [7, 11) is 0. The average molecular weight is 680 g/mol. The first kappa shape index (κ1) is 32.3. The van der Waals surface area contributed by atoms with E-state index in [1.807, 2.05) is 57.3 Å². The quantitative estimate of drug-likeness (QED) is 0.147. The summed E-state index contributed by atoms with van der Waals surface area (Å²) in [6, 6.07) is 21.6. The van der Waals surface area contributed by atoms with Gasteiger partial charge in [-0.1, -0.05) is 49.4 Å². The molecule has 3 amide bonds. The first-order chi connectivity index (χ1) is 23.7. The molecule has 0 atom stereocenters. The number of nitrogens with zero attached hydrogens (tertiary/aromatic N) is 4. The Kier molecular flexibility index (Phi) is 9.04. The second-order valence-corrected chi connectivity index (χ2v) is 13.8. The van der Waals surface area contributed by atoms with Crippen molar-refractivity contribution in [3.05, 3.63) is 90.3 Å². The van der Waals surface area contributed by atoms with Crippen molar-refractivity contribution in [3.63, 3.8) is 0 Å². The largest absolute Gasteiger partial charge is 0.492 e. The van der Waals surface area contributed by atoms with Gasteiger partial charge in [0.2, 0.25) is 0 Å². The fourth-order valence-corrected chi connectivity index (χ4v) is 6.46. The Bertz CT molecular complexity index is 2090. The van der Waals surface area contributed by atoms with Crippen LogP contribution in [0.3, 0.4) is 0 Å². The number of thiazole rings is 1. The third kappa shape index (κ3) is 7.59. The minimum absolute atomic E-state index is 0.222. The smallest absolute Gasteiger partial charge is 0.324 e. The third-order valence-electron chi connectivity index (χ3n) is 8.18. The number of carbonyl (C=O) groups is 2. The summed E-state index contributed by atoms with van der Waals surface area (Å²) in [5, 5.41) is 12.2. The van der Waals surface area contributed by atoms with Gasteiger partial charge in [0.15, 0.2) is 10.8 Å². The zero-order chi connectivity index (χ0) is 34.0. The zero-order valence-corrected chi connectivity index (χ0v) is 28.3. The normalized spacial score (nSPS) is 13.9. The zero-order valence-electron chi connectivity index (χ0n) is 27.5. The van der Waals surface area contributed by atoms with Gasteiger partial charge in [0.25, 0.3) is 5.91 Å². The number of fused-ring (bicyclic) bond motifs is 3. The van der Waals surface area contributed by atoms with E-state index in [0.717, 1.165) is 65.0 Å². The number of imidazole rings is 1. The number of amides is 3. The monoisotopic (exact) mass is 679 g/mol. The number of morpholine rings is 1. The van der Waals surface area contributed by atoms with Crippen LogP contribution in [-0.2, 0) is 10.2 Å². The summed E-state index contributed by atoms with van der Waals surface area (Å²) in [5.74, 6) is 1.58. The highest BCUT2D eigenvalue weighted by Gasteiger charge is 2.20. The number of carbonyl (C=O) groups excluding carboxylic acids is 2. The van der Waals surface area contributed by atoms with Crippen LogP contribution >= 0.6 is 11.3 Å². The van der Waals surface area contributed by atoms with Crippen LogP contribution < -0.4 is 20.7 Å². The molecule has 1 fully saturated rings. The minimum Gasteiger partial charge on any atom is -0.492 e. The van der Waals surface area contributed by atoms with Gasteiger partial charge in [0, 0.05) is 59.8 Å². The predicted octanol–water partition coefficient (Wildman–Crippen LogP) is 7.11. The van der Waals surface area contributed by atoms with Gasteiger partial charge in [-0.15, -0.1) is 0 Å². The highest BCUT2D eigenvalue weighted by Crippen LogP contribution is 2.32. The van der Waals surface area contributed by atoms with E-state index in [9.17, 15) is 9.59 Å². The van der Waals surface area contributed by atoms with Crippen LogP contribution in [-0.4, -0.2) is 70.8 Å². The minimum atomic E-state index is -0.466. The molecule has 3 aromatic heterocycles. The fraction of sp³-hybridized carbons (Fsp3) is 0.278. The highest BCUT2D eigenvalue weighted by atomic mass is 32.1. The molecule has 4 heterocycles. The molecule has 0 bridgehead atoms. The number of hydrogen-bond acceptors (Lipinski definition) is 9. The Morgan fingerprint density at radius 2 is 1.65 bits per heavy atom. The van der Waals surface area contributed by atoms with Crippen molar-refractivity contribution in [2.24, 2.45) is 0 Å². The Morgan fingerprint density at radius 3 is 2.39 bits per heavy atom. The van der Waals surface area contributed by atoms with Gasteiger partial charge < -0.3 is 24.6 Å². The Balaban J connectivity index is 0.928. The average Bonchev–Trinajstić information content (AvgIpc) is 3.81. The summed E-state index contributed by atoms with van der Waals surface area (Å²) in [6.45, 7) is 11.0. The molecular formula is C36H37N7O5S. The van der Waals surface area contributed by atoms with Gasteiger partial charge in [-0.2, -0.15) is 0 Å². The van der Waals surface area contributed by atoms with Crippen molar-refractivity contribution in [3.8, 4) is 17.0 Å². The molecule has 6 aromatic rings. The summed E-state index contributed by atoms with van der Waals surface area (Å²) < 4.78 is 20.0. The number of anilines is 3. The van der Waals surface area contributed by atoms with E-state index >= 15 is 0 Å². The lowest BCUT2D eigenvalue weighted by Gasteiger charge is -2.26. The highest BCUT2D eigenvalue weighted by molar-refractivity contribution is 7.23. The molecule has 0 aliphatic carbocycles. The third-order valence-corrected chi connectivity index (χ3v) is 9.20. The van der Waals surface area contributed by atoms with Gasteiger partial charge in [0.05, 0.1) is 29.1 Å². The van der Waals surface area contributed by atoms with Crippen molar-refractivity contribution in [1.82, 2.24) is 19.4 Å². The number of benzene rings is 3. The standard InChI is InChI=1S/C36H37N7O5S/c1-36(2,3)31-21-32(41-48-31)40-34(45)38-26-10-6-24(7-11-26)33(44)37-25-8-4-23(5-9-25)28-22-43-29-13-12-27(20-30(29)49-35(43)39-28)47-19-16-42-14-17-46-18-15-42/h4-13,20-22H,14-19H2,1-3H3,(H,37,44)(H2,38,40,41,45). The molecule has 0 unspecified atom stereocenters. The maximum absolute atomic E-state index is 12.9. The van der Waals surface area contributed by atoms with E-state index in [1.165, 1.54) is 0 Å². The lowest BCUT2D eigenvalue weighted by Crippen LogP contribution is -2.38. The number of rotatable bonds is 9. The number of hydrogen-bond donors (Lipinski definition) is 3. The van der Waals surface area contributed by atoms with E-state index in [2.05, 4.69) is 42.5 Å². The second kappa shape index (κ2) is 13.7. The van der Waals surface area contributed by atoms with Crippen molar-refractivity contribution in [1.29, 1.82) is 0 Å². The van der Waals surface area contributed by atoms with E-state index < -0.39 is 6.03 Å². The van der Waals surface area contributed by atoms with Gasteiger partial charge in [0.1, 0.15) is 18.1 Å². The number of aromatic nitrogens is 3. The lowest BCUT2D eigenvalue weighted by atomic mass is 9.93. The summed E-state index contributed by atoms with van der Waals surface area (Å²) in [5.41, 5.74) is 4.29. The number of nitrogens with one attached hydrogen (secondary N) is 3. The topological polar surface area (TPSA) is 135 Å². The fourth-order valence-electron chi connectivity index (χ4n) is 5.43. The van der Waals surface area contributed by atoms with E-state index in [1.54, 1.807) is 41.7 Å². The maximum Gasteiger partial charge on any atom is 0.324 e. The first-order valence-electron chi connectivity index (χ1n) is 16.1. The Labute approximate surface area is 287 Å². The summed E-state index contributed by atoms with van der Waals surface area (Å²) in [4.78, 5) is 33.5. The van der Waals surface area contributed by atoms with Gasteiger partial charge >= 0.3 is 6.03 Å². The molecule has 13 heteroatoms. The van der Waals surface area contributed by atoms with Gasteiger partial charge in [-0.3, -0.25) is 19.4 Å².